The van der Waals surface area contributed by atoms with Gasteiger partial charge in [-0.3, -0.25) is 4.79 Å². The summed E-state index contributed by atoms with van der Waals surface area (Å²) in [6.07, 6.45) is 4.18. The minimum atomic E-state index is -2.98. The van der Waals surface area contributed by atoms with Gasteiger partial charge in [0, 0.05) is 12.6 Å². The molecule has 6 heteroatoms. The fraction of sp³-hybridized carbons (Fsp3) is 0.583. The van der Waals surface area contributed by atoms with Crippen LogP contribution in [0.15, 0.2) is 23.0 Å². The number of hydrogen-bond donors (Lipinski definition) is 0. The van der Waals surface area contributed by atoms with Crippen LogP contribution in [0.3, 0.4) is 0 Å². The second-order valence-electron chi connectivity index (χ2n) is 4.57. The smallest absolute Gasteiger partial charge is 0.257 e. The summed E-state index contributed by atoms with van der Waals surface area (Å²) in [6.45, 7) is 2.54. The Morgan fingerprint density at radius 2 is 2.33 bits per heavy atom. The number of amides is 1. The number of sulfone groups is 1. The van der Waals surface area contributed by atoms with Gasteiger partial charge in [0.25, 0.3) is 5.91 Å². The van der Waals surface area contributed by atoms with Gasteiger partial charge in [-0.25, -0.2) is 8.42 Å². The molecule has 1 aliphatic heterocycles. The summed E-state index contributed by atoms with van der Waals surface area (Å²) in [6, 6.07) is 1.41. The van der Waals surface area contributed by atoms with Crippen molar-refractivity contribution < 1.29 is 17.6 Å². The molecule has 1 amide bonds. The van der Waals surface area contributed by atoms with Crippen molar-refractivity contribution in [3.05, 3.63) is 24.2 Å². The Hall–Kier alpha value is -1.30. The molecule has 1 aliphatic rings. The van der Waals surface area contributed by atoms with Crippen LogP contribution in [0, 0.1) is 0 Å². The largest absolute Gasteiger partial charge is 0.472 e. The predicted molar refractivity (Wildman–Crippen MR) is 67.1 cm³/mol. The van der Waals surface area contributed by atoms with Crippen molar-refractivity contribution in [1.29, 1.82) is 0 Å². The van der Waals surface area contributed by atoms with E-state index in [9.17, 15) is 13.2 Å². The SMILES string of the molecule is CCCN(C(=O)c1ccoc1)C1CCS(=O)(=O)C1. The average molecular weight is 271 g/mol. The van der Waals surface area contributed by atoms with E-state index in [-0.39, 0.29) is 23.5 Å². The summed E-state index contributed by atoms with van der Waals surface area (Å²) in [5.41, 5.74) is 0.479. The van der Waals surface area contributed by atoms with Gasteiger partial charge >= 0.3 is 0 Å². The predicted octanol–water partition coefficient (Wildman–Crippen LogP) is 1.32. The van der Waals surface area contributed by atoms with Gasteiger partial charge in [0.1, 0.15) is 6.26 Å². The van der Waals surface area contributed by atoms with Gasteiger partial charge in [0.2, 0.25) is 0 Å². The molecule has 0 spiro atoms. The van der Waals surface area contributed by atoms with Crippen LogP contribution < -0.4 is 0 Å². The first-order valence-corrected chi connectivity index (χ1v) is 7.89. The molecule has 1 fully saturated rings. The Kier molecular flexibility index (Phi) is 3.75. The summed E-state index contributed by atoms with van der Waals surface area (Å²) in [5.74, 6) is 0.111. The molecule has 0 N–H and O–H groups in total. The number of furan rings is 1. The molecule has 100 valence electrons. The number of carbonyl (C=O) groups excluding carboxylic acids is 1. The second-order valence-corrected chi connectivity index (χ2v) is 6.80. The summed E-state index contributed by atoms with van der Waals surface area (Å²) in [7, 11) is -2.98. The van der Waals surface area contributed by atoms with Gasteiger partial charge < -0.3 is 9.32 Å². The lowest BCUT2D eigenvalue weighted by Crippen LogP contribution is -2.41. The minimum absolute atomic E-state index is 0.0800. The molecule has 5 nitrogen and oxygen atoms in total. The zero-order chi connectivity index (χ0) is 13.2. The van der Waals surface area contributed by atoms with Gasteiger partial charge in [-0.1, -0.05) is 6.92 Å². The highest BCUT2D eigenvalue weighted by Crippen LogP contribution is 2.20. The molecular formula is C12H17NO4S. The maximum absolute atomic E-state index is 12.3. The zero-order valence-electron chi connectivity index (χ0n) is 10.3. The normalized spacial score (nSPS) is 21.9. The standard InChI is InChI=1S/C12H17NO4S/c1-2-5-13(11-4-7-18(15,16)9-11)12(14)10-3-6-17-8-10/h3,6,8,11H,2,4-5,7,9H2,1H3. The molecule has 1 aromatic heterocycles. The molecule has 1 saturated heterocycles. The second kappa shape index (κ2) is 5.14. The van der Waals surface area contributed by atoms with E-state index in [4.69, 9.17) is 4.42 Å². The fourth-order valence-electron chi connectivity index (χ4n) is 2.26. The van der Waals surface area contributed by atoms with E-state index in [1.165, 1.54) is 12.5 Å². The minimum Gasteiger partial charge on any atom is -0.472 e. The highest BCUT2D eigenvalue weighted by atomic mass is 32.2. The van der Waals surface area contributed by atoms with Gasteiger partial charge in [-0.05, 0) is 18.9 Å². The third-order valence-electron chi connectivity index (χ3n) is 3.14. The molecule has 1 unspecified atom stereocenters. The van der Waals surface area contributed by atoms with E-state index in [0.29, 0.717) is 18.5 Å². The zero-order valence-corrected chi connectivity index (χ0v) is 11.1. The molecular weight excluding hydrogens is 254 g/mol. The molecule has 0 radical (unpaired) electrons. The van der Waals surface area contributed by atoms with E-state index in [1.54, 1.807) is 11.0 Å². The maximum Gasteiger partial charge on any atom is 0.257 e. The van der Waals surface area contributed by atoms with Crippen LogP contribution in [0.1, 0.15) is 30.1 Å². The summed E-state index contributed by atoms with van der Waals surface area (Å²) >= 11 is 0. The molecule has 18 heavy (non-hydrogen) atoms. The Morgan fingerprint density at radius 1 is 1.56 bits per heavy atom. The summed E-state index contributed by atoms with van der Waals surface area (Å²) in [5, 5.41) is 0. The molecule has 1 atom stereocenters. The lowest BCUT2D eigenvalue weighted by Gasteiger charge is -2.27. The van der Waals surface area contributed by atoms with E-state index in [0.717, 1.165) is 6.42 Å². The van der Waals surface area contributed by atoms with Gasteiger partial charge in [0.15, 0.2) is 9.84 Å². The van der Waals surface area contributed by atoms with Crippen molar-refractivity contribution in [3.63, 3.8) is 0 Å². The molecule has 0 aliphatic carbocycles. The topological polar surface area (TPSA) is 67.6 Å². The first kappa shape index (κ1) is 13.1. The van der Waals surface area contributed by atoms with Crippen LogP contribution in [-0.4, -0.2) is 43.3 Å². The van der Waals surface area contributed by atoms with Crippen LogP contribution in [0.4, 0.5) is 0 Å². The number of carbonyl (C=O) groups is 1. The van der Waals surface area contributed by atoms with Crippen LogP contribution in [0.5, 0.6) is 0 Å². The Balaban J connectivity index is 2.16. The number of nitrogens with zero attached hydrogens (tertiary/aromatic N) is 1. The first-order valence-electron chi connectivity index (χ1n) is 6.07. The first-order chi connectivity index (χ1) is 8.53. The van der Waals surface area contributed by atoms with Crippen molar-refractivity contribution in [2.45, 2.75) is 25.8 Å². The van der Waals surface area contributed by atoms with Crippen molar-refractivity contribution in [2.24, 2.45) is 0 Å². The fourth-order valence-corrected chi connectivity index (χ4v) is 3.99. The van der Waals surface area contributed by atoms with Crippen LogP contribution >= 0.6 is 0 Å². The average Bonchev–Trinajstić information content (AvgIpc) is 2.94. The van der Waals surface area contributed by atoms with Gasteiger partial charge in [-0.15, -0.1) is 0 Å². The molecule has 1 aromatic rings. The highest BCUT2D eigenvalue weighted by Gasteiger charge is 2.34. The Morgan fingerprint density at radius 3 is 2.83 bits per heavy atom. The lowest BCUT2D eigenvalue weighted by molar-refractivity contribution is 0.0696. The summed E-state index contributed by atoms with van der Waals surface area (Å²) in [4.78, 5) is 13.9. The van der Waals surface area contributed by atoms with E-state index < -0.39 is 9.84 Å². The van der Waals surface area contributed by atoms with E-state index in [2.05, 4.69) is 0 Å². The van der Waals surface area contributed by atoms with Gasteiger partial charge in [-0.2, -0.15) is 0 Å². The van der Waals surface area contributed by atoms with Crippen LogP contribution in [0.25, 0.3) is 0 Å². The highest BCUT2D eigenvalue weighted by molar-refractivity contribution is 7.91. The Bertz CT molecular complexity index is 506. The lowest BCUT2D eigenvalue weighted by atomic mass is 10.1. The summed E-state index contributed by atoms with van der Waals surface area (Å²) < 4.78 is 27.9. The number of rotatable bonds is 4. The molecule has 0 bridgehead atoms. The van der Waals surface area contributed by atoms with Crippen LogP contribution in [-0.2, 0) is 9.84 Å². The third-order valence-corrected chi connectivity index (χ3v) is 4.89. The monoisotopic (exact) mass is 271 g/mol. The van der Waals surface area contributed by atoms with E-state index >= 15 is 0 Å². The van der Waals surface area contributed by atoms with Crippen LogP contribution in [0.2, 0.25) is 0 Å². The van der Waals surface area contributed by atoms with Crippen molar-refractivity contribution in [2.75, 3.05) is 18.1 Å². The molecule has 2 heterocycles. The quantitative estimate of drug-likeness (QED) is 0.828. The van der Waals surface area contributed by atoms with Crippen molar-refractivity contribution in [1.82, 2.24) is 4.90 Å². The Labute approximate surface area is 107 Å². The van der Waals surface area contributed by atoms with Crippen molar-refractivity contribution in [3.8, 4) is 0 Å². The molecule has 0 aromatic carbocycles. The van der Waals surface area contributed by atoms with Gasteiger partial charge in [0.05, 0.1) is 23.3 Å². The van der Waals surface area contributed by atoms with E-state index in [1.807, 2.05) is 6.92 Å². The number of hydrogen-bond acceptors (Lipinski definition) is 4. The van der Waals surface area contributed by atoms with Crippen molar-refractivity contribution >= 4 is 15.7 Å². The molecule has 0 saturated carbocycles. The maximum atomic E-state index is 12.3. The molecule has 2 rings (SSSR count). The third kappa shape index (κ3) is 2.75.